The zero-order chi connectivity index (χ0) is 30.3. The Morgan fingerprint density at radius 1 is 0.932 bits per heavy atom. The molecule has 0 spiro atoms. The summed E-state index contributed by atoms with van der Waals surface area (Å²) in [5, 5.41) is 9.86. The molecule has 1 aromatic heterocycles. The lowest BCUT2D eigenvalue weighted by Crippen LogP contribution is -2.61. The minimum atomic E-state index is -0.112. The molecule has 8 nitrogen and oxygen atoms in total. The van der Waals surface area contributed by atoms with Crippen LogP contribution in [-0.2, 0) is 9.59 Å². The Kier molecular flexibility index (Phi) is 8.16. The van der Waals surface area contributed by atoms with E-state index in [4.69, 9.17) is 4.74 Å². The van der Waals surface area contributed by atoms with Crippen LogP contribution in [0.15, 0.2) is 59.8 Å². The van der Waals surface area contributed by atoms with Crippen molar-refractivity contribution in [1.82, 2.24) is 24.6 Å². The third kappa shape index (κ3) is 5.64. The molecule has 1 unspecified atom stereocenters. The normalized spacial score (nSPS) is 27.5. The Bertz CT molecular complexity index is 1450. The van der Waals surface area contributed by atoms with Crippen LogP contribution in [0.3, 0.4) is 0 Å². The first-order chi connectivity index (χ1) is 21.4. The van der Waals surface area contributed by atoms with Gasteiger partial charge in [0.05, 0.1) is 12.5 Å². The highest BCUT2D eigenvalue weighted by Crippen LogP contribution is 2.60. The molecule has 2 heterocycles. The Morgan fingerprint density at radius 2 is 1.61 bits per heavy atom. The minimum Gasteiger partial charge on any atom is -0.497 e. The number of ether oxygens (including phenoxy) is 1. The fourth-order valence-electron chi connectivity index (χ4n) is 8.81. The standard InChI is InChI=1S/C35H43N5O3S/c1-24-23-38(14-15-39(24)33(42)35-20-25-17-26(21-35)19-27(18-25)22-35)31(41)9-6-16-44-34-37-36-32(28-7-4-3-5-8-28)40(34)29-10-12-30(43-2)13-11-29/h3-5,7-8,10-13,24-27H,6,9,14-23H2,1-2H3. The van der Waals surface area contributed by atoms with Crippen LogP contribution in [-0.4, -0.2) is 74.9 Å². The molecule has 4 aliphatic carbocycles. The minimum absolute atomic E-state index is 0.0713. The summed E-state index contributed by atoms with van der Waals surface area (Å²) in [7, 11) is 1.66. The van der Waals surface area contributed by atoms with Gasteiger partial charge < -0.3 is 14.5 Å². The molecular formula is C35H43N5O3S. The van der Waals surface area contributed by atoms with E-state index in [1.54, 1.807) is 18.9 Å². The molecule has 8 rings (SSSR count). The summed E-state index contributed by atoms with van der Waals surface area (Å²) < 4.78 is 7.43. The Labute approximate surface area is 264 Å². The van der Waals surface area contributed by atoms with Gasteiger partial charge in [0.25, 0.3) is 0 Å². The molecule has 44 heavy (non-hydrogen) atoms. The first-order valence-corrected chi connectivity index (χ1v) is 17.3. The number of benzene rings is 2. The average Bonchev–Trinajstić information content (AvgIpc) is 3.46. The number of nitrogens with zero attached hydrogens (tertiary/aromatic N) is 5. The van der Waals surface area contributed by atoms with Gasteiger partial charge in [-0.05, 0) is 93.9 Å². The van der Waals surface area contributed by atoms with Crippen LogP contribution in [0, 0.1) is 23.2 Å². The fraction of sp³-hybridized carbons (Fsp3) is 0.543. The molecule has 2 aromatic carbocycles. The zero-order valence-corrected chi connectivity index (χ0v) is 26.7. The second kappa shape index (κ2) is 12.2. The number of rotatable bonds is 9. The van der Waals surface area contributed by atoms with Crippen molar-refractivity contribution in [2.75, 3.05) is 32.5 Å². The number of hydrogen-bond acceptors (Lipinski definition) is 6. The highest BCUT2D eigenvalue weighted by Gasteiger charge is 2.56. The largest absolute Gasteiger partial charge is 0.497 e. The molecule has 5 fully saturated rings. The second-order valence-electron chi connectivity index (χ2n) is 13.5. The molecule has 3 aromatic rings. The van der Waals surface area contributed by atoms with E-state index in [2.05, 4.69) is 26.6 Å². The van der Waals surface area contributed by atoms with Crippen molar-refractivity contribution in [1.29, 1.82) is 0 Å². The summed E-state index contributed by atoms with van der Waals surface area (Å²) in [4.78, 5) is 31.3. The highest BCUT2D eigenvalue weighted by molar-refractivity contribution is 7.99. The van der Waals surface area contributed by atoms with Crippen LogP contribution >= 0.6 is 11.8 Å². The quantitative estimate of drug-likeness (QED) is 0.215. The molecule has 4 saturated carbocycles. The lowest BCUT2D eigenvalue weighted by Gasteiger charge is -2.57. The van der Waals surface area contributed by atoms with E-state index < -0.39 is 0 Å². The van der Waals surface area contributed by atoms with Gasteiger partial charge in [0, 0.05) is 49.1 Å². The molecule has 1 aliphatic heterocycles. The summed E-state index contributed by atoms with van der Waals surface area (Å²) in [5.41, 5.74) is 1.84. The van der Waals surface area contributed by atoms with Crippen molar-refractivity contribution in [3.8, 4) is 22.8 Å². The number of amides is 2. The van der Waals surface area contributed by atoms with Gasteiger partial charge in [-0.25, -0.2) is 0 Å². The van der Waals surface area contributed by atoms with Crippen molar-refractivity contribution in [3.63, 3.8) is 0 Å². The molecule has 2 amide bonds. The summed E-state index contributed by atoms with van der Waals surface area (Å²) in [6, 6.07) is 18.0. The first kappa shape index (κ1) is 29.4. The number of carbonyl (C=O) groups is 2. The first-order valence-electron chi connectivity index (χ1n) is 16.3. The van der Waals surface area contributed by atoms with Crippen LogP contribution < -0.4 is 4.74 Å². The molecule has 4 bridgehead atoms. The molecule has 1 atom stereocenters. The number of methoxy groups -OCH3 is 1. The van der Waals surface area contributed by atoms with Crippen LogP contribution in [0.4, 0.5) is 0 Å². The maximum absolute atomic E-state index is 13.9. The van der Waals surface area contributed by atoms with E-state index in [0.717, 1.165) is 77.2 Å². The molecule has 9 heteroatoms. The van der Waals surface area contributed by atoms with E-state index in [1.807, 2.05) is 59.5 Å². The van der Waals surface area contributed by atoms with Crippen molar-refractivity contribution >= 4 is 23.6 Å². The Hall–Kier alpha value is -3.33. The number of thioether (sulfide) groups is 1. The van der Waals surface area contributed by atoms with Gasteiger partial charge in [-0.2, -0.15) is 0 Å². The summed E-state index contributed by atoms with van der Waals surface area (Å²) in [6.07, 6.45) is 8.57. The lowest BCUT2D eigenvalue weighted by atomic mass is 9.49. The lowest BCUT2D eigenvalue weighted by molar-refractivity contribution is -0.163. The zero-order valence-electron chi connectivity index (χ0n) is 25.9. The van der Waals surface area contributed by atoms with Crippen LogP contribution in [0.2, 0.25) is 0 Å². The molecule has 5 aliphatic rings. The third-order valence-corrected chi connectivity index (χ3v) is 11.5. The Balaban J connectivity index is 0.945. The molecular weight excluding hydrogens is 570 g/mol. The predicted octanol–water partition coefficient (Wildman–Crippen LogP) is 6.09. The Morgan fingerprint density at radius 3 is 2.25 bits per heavy atom. The van der Waals surface area contributed by atoms with Crippen molar-refractivity contribution < 1.29 is 14.3 Å². The number of hydrogen-bond donors (Lipinski definition) is 0. The maximum atomic E-state index is 13.9. The SMILES string of the molecule is COc1ccc(-n2c(SCCCC(=O)N3CCN(C(=O)C45CC6CC(CC(C6)C4)C5)C(C)C3)nnc2-c2ccccc2)cc1. The second-order valence-corrected chi connectivity index (χ2v) is 14.6. The fourth-order valence-corrected chi connectivity index (χ4v) is 9.70. The van der Waals surface area contributed by atoms with Gasteiger partial charge >= 0.3 is 0 Å². The van der Waals surface area contributed by atoms with Crippen molar-refractivity contribution in [2.24, 2.45) is 23.2 Å². The molecule has 1 saturated heterocycles. The van der Waals surface area contributed by atoms with Gasteiger partial charge in [-0.3, -0.25) is 14.2 Å². The van der Waals surface area contributed by atoms with E-state index in [-0.39, 0.29) is 17.4 Å². The third-order valence-electron chi connectivity index (χ3n) is 10.5. The molecule has 232 valence electrons. The average molecular weight is 614 g/mol. The summed E-state index contributed by atoms with van der Waals surface area (Å²) in [5.74, 6) is 5.19. The van der Waals surface area contributed by atoms with Crippen LogP contribution in [0.25, 0.3) is 17.1 Å². The number of aromatic nitrogens is 3. The maximum Gasteiger partial charge on any atom is 0.229 e. The highest BCUT2D eigenvalue weighted by atomic mass is 32.2. The van der Waals surface area contributed by atoms with Gasteiger partial charge in [0.15, 0.2) is 11.0 Å². The number of piperazine rings is 1. The van der Waals surface area contributed by atoms with Gasteiger partial charge in [-0.15, -0.1) is 10.2 Å². The summed E-state index contributed by atoms with van der Waals surface area (Å²) >= 11 is 1.62. The van der Waals surface area contributed by atoms with E-state index in [1.165, 1.54) is 19.3 Å². The van der Waals surface area contributed by atoms with Crippen molar-refractivity contribution in [3.05, 3.63) is 54.6 Å². The molecule has 0 N–H and O–H groups in total. The van der Waals surface area contributed by atoms with Crippen molar-refractivity contribution in [2.45, 2.75) is 69.5 Å². The van der Waals surface area contributed by atoms with Crippen LogP contribution in [0.1, 0.15) is 58.3 Å². The monoisotopic (exact) mass is 613 g/mol. The van der Waals surface area contributed by atoms with Gasteiger partial charge in [0.1, 0.15) is 5.75 Å². The topological polar surface area (TPSA) is 80.6 Å². The van der Waals surface area contributed by atoms with E-state index in [0.29, 0.717) is 32.0 Å². The van der Waals surface area contributed by atoms with E-state index >= 15 is 0 Å². The molecule has 0 radical (unpaired) electrons. The number of carbonyl (C=O) groups excluding carboxylic acids is 2. The predicted molar refractivity (Wildman–Crippen MR) is 172 cm³/mol. The van der Waals surface area contributed by atoms with E-state index in [9.17, 15) is 9.59 Å². The summed E-state index contributed by atoms with van der Waals surface area (Å²) in [6.45, 7) is 4.07. The van der Waals surface area contributed by atoms with Crippen LogP contribution in [0.5, 0.6) is 5.75 Å². The van der Waals surface area contributed by atoms with Gasteiger partial charge in [-0.1, -0.05) is 42.1 Å². The smallest absolute Gasteiger partial charge is 0.229 e. The van der Waals surface area contributed by atoms with Gasteiger partial charge in [0.2, 0.25) is 11.8 Å².